The number of nitrogens with zero attached hydrogens (tertiary/aromatic N) is 4. The molecule has 2 rings (SSSR count). The van der Waals surface area contributed by atoms with Crippen molar-refractivity contribution in [2.75, 3.05) is 13.1 Å². The van der Waals surface area contributed by atoms with Crippen molar-refractivity contribution < 1.29 is 0 Å². The fourth-order valence-corrected chi connectivity index (χ4v) is 2.82. The van der Waals surface area contributed by atoms with E-state index in [9.17, 15) is 0 Å². The highest BCUT2D eigenvalue weighted by Crippen LogP contribution is 2.20. The van der Waals surface area contributed by atoms with Gasteiger partial charge in [-0.2, -0.15) is 0 Å². The van der Waals surface area contributed by atoms with E-state index in [1.807, 2.05) is 6.92 Å². The molecule has 0 aliphatic carbocycles. The van der Waals surface area contributed by atoms with Crippen LogP contribution in [0.2, 0.25) is 0 Å². The van der Waals surface area contributed by atoms with E-state index in [0.717, 1.165) is 37.8 Å². The first-order valence-electron chi connectivity index (χ1n) is 6.98. The Morgan fingerprint density at radius 1 is 1.44 bits per heavy atom. The lowest BCUT2D eigenvalue weighted by atomic mass is 9.92. The van der Waals surface area contributed by atoms with Crippen LogP contribution in [-0.4, -0.2) is 38.8 Å². The van der Waals surface area contributed by atoms with Crippen molar-refractivity contribution in [1.82, 2.24) is 19.7 Å². The largest absolute Gasteiger partial charge is 0.328 e. The fraction of sp³-hybridized carbons (Fsp3) is 0.846. The van der Waals surface area contributed by atoms with Crippen molar-refractivity contribution in [3.05, 3.63) is 11.6 Å². The number of hydrogen-bond acceptors (Lipinski definition) is 4. The summed E-state index contributed by atoms with van der Waals surface area (Å²) in [6.45, 7) is 10.4. The summed E-state index contributed by atoms with van der Waals surface area (Å²) in [5.41, 5.74) is 6.02. The van der Waals surface area contributed by atoms with Crippen LogP contribution in [0.25, 0.3) is 0 Å². The Labute approximate surface area is 109 Å². The van der Waals surface area contributed by atoms with Crippen LogP contribution in [0.3, 0.4) is 0 Å². The molecule has 0 amide bonds. The molecule has 0 spiro atoms. The van der Waals surface area contributed by atoms with Gasteiger partial charge in [0.05, 0.1) is 6.54 Å². The minimum Gasteiger partial charge on any atom is -0.328 e. The molecule has 0 bridgehead atoms. The second kappa shape index (κ2) is 5.80. The highest BCUT2D eigenvalue weighted by molar-refractivity contribution is 4.94. The molecule has 0 aromatic carbocycles. The van der Waals surface area contributed by atoms with Gasteiger partial charge in [-0.05, 0) is 46.1 Å². The van der Waals surface area contributed by atoms with Gasteiger partial charge in [0.15, 0.2) is 0 Å². The molecule has 5 nitrogen and oxygen atoms in total. The van der Waals surface area contributed by atoms with Crippen molar-refractivity contribution in [2.45, 2.75) is 52.7 Å². The standard InChI is InChI=1S/C13H25N5/c1-4-18-11(3)15-16-13(18)9-17-7-5-6-12(8-17)10(2)14/h10,12H,4-9,14H2,1-3H3. The van der Waals surface area contributed by atoms with Gasteiger partial charge < -0.3 is 10.3 Å². The van der Waals surface area contributed by atoms with Crippen LogP contribution >= 0.6 is 0 Å². The summed E-state index contributed by atoms with van der Waals surface area (Å²) in [5, 5.41) is 8.46. The lowest BCUT2D eigenvalue weighted by molar-refractivity contribution is 0.149. The predicted molar refractivity (Wildman–Crippen MR) is 72.1 cm³/mol. The summed E-state index contributed by atoms with van der Waals surface area (Å²) in [7, 11) is 0. The Hall–Kier alpha value is -0.940. The quantitative estimate of drug-likeness (QED) is 0.872. The maximum atomic E-state index is 6.02. The molecule has 0 saturated carbocycles. The van der Waals surface area contributed by atoms with E-state index in [1.165, 1.54) is 12.8 Å². The number of piperidine rings is 1. The first-order valence-corrected chi connectivity index (χ1v) is 6.98. The lowest BCUT2D eigenvalue weighted by Crippen LogP contribution is -2.42. The van der Waals surface area contributed by atoms with Gasteiger partial charge >= 0.3 is 0 Å². The Kier molecular flexibility index (Phi) is 4.35. The van der Waals surface area contributed by atoms with Crippen molar-refractivity contribution >= 4 is 0 Å². The third-order valence-corrected chi connectivity index (χ3v) is 3.98. The summed E-state index contributed by atoms with van der Waals surface area (Å²) in [4.78, 5) is 2.47. The molecule has 1 aliphatic heterocycles. The molecule has 2 N–H and O–H groups in total. The third kappa shape index (κ3) is 2.90. The number of nitrogens with two attached hydrogens (primary N) is 1. The molecule has 2 atom stereocenters. The van der Waals surface area contributed by atoms with Crippen molar-refractivity contribution in [1.29, 1.82) is 0 Å². The Bertz CT molecular complexity index is 385. The van der Waals surface area contributed by atoms with E-state index >= 15 is 0 Å². The average molecular weight is 251 g/mol. The monoisotopic (exact) mass is 251 g/mol. The summed E-state index contributed by atoms with van der Waals surface area (Å²) in [6, 6.07) is 0.290. The normalized spacial score (nSPS) is 23.2. The number of likely N-dealkylation sites (tertiary alicyclic amines) is 1. The Balaban J connectivity index is 2.00. The molecule has 1 aliphatic rings. The van der Waals surface area contributed by atoms with Gasteiger partial charge in [-0.15, -0.1) is 10.2 Å². The van der Waals surface area contributed by atoms with Crippen LogP contribution < -0.4 is 5.73 Å². The minimum absolute atomic E-state index is 0.290. The number of aryl methyl sites for hydroxylation is 1. The average Bonchev–Trinajstić information content (AvgIpc) is 2.70. The summed E-state index contributed by atoms with van der Waals surface area (Å²) < 4.78 is 2.19. The molecule has 5 heteroatoms. The van der Waals surface area contributed by atoms with E-state index in [0.29, 0.717) is 12.0 Å². The van der Waals surface area contributed by atoms with Gasteiger partial charge in [0.1, 0.15) is 11.6 Å². The number of hydrogen-bond donors (Lipinski definition) is 1. The van der Waals surface area contributed by atoms with Crippen LogP contribution in [0.4, 0.5) is 0 Å². The predicted octanol–water partition coefficient (Wildman–Crippen LogP) is 1.17. The van der Waals surface area contributed by atoms with E-state index < -0.39 is 0 Å². The molecule has 1 aromatic heterocycles. The second-order valence-corrected chi connectivity index (χ2v) is 5.40. The molecule has 2 heterocycles. The molecule has 0 radical (unpaired) electrons. The third-order valence-electron chi connectivity index (χ3n) is 3.98. The van der Waals surface area contributed by atoms with E-state index in [4.69, 9.17) is 5.73 Å². The molecule has 102 valence electrons. The maximum absolute atomic E-state index is 6.02. The lowest BCUT2D eigenvalue weighted by Gasteiger charge is -2.34. The van der Waals surface area contributed by atoms with E-state index in [-0.39, 0.29) is 0 Å². The molecule has 18 heavy (non-hydrogen) atoms. The maximum Gasteiger partial charge on any atom is 0.147 e. The number of aromatic nitrogens is 3. The van der Waals surface area contributed by atoms with E-state index in [2.05, 4.69) is 33.5 Å². The highest BCUT2D eigenvalue weighted by atomic mass is 15.3. The zero-order chi connectivity index (χ0) is 13.1. The van der Waals surface area contributed by atoms with Crippen molar-refractivity contribution in [3.63, 3.8) is 0 Å². The van der Waals surface area contributed by atoms with Gasteiger partial charge in [0.25, 0.3) is 0 Å². The summed E-state index contributed by atoms with van der Waals surface area (Å²) in [5.74, 6) is 2.71. The van der Waals surface area contributed by atoms with Crippen LogP contribution in [0.5, 0.6) is 0 Å². The van der Waals surface area contributed by atoms with E-state index in [1.54, 1.807) is 0 Å². The van der Waals surface area contributed by atoms with Gasteiger partial charge in [-0.25, -0.2) is 0 Å². The topological polar surface area (TPSA) is 60.0 Å². The van der Waals surface area contributed by atoms with Crippen LogP contribution in [0.15, 0.2) is 0 Å². The summed E-state index contributed by atoms with van der Waals surface area (Å²) in [6.07, 6.45) is 2.50. The van der Waals surface area contributed by atoms with Crippen LogP contribution in [-0.2, 0) is 13.1 Å². The molecule has 1 aromatic rings. The van der Waals surface area contributed by atoms with Crippen molar-refractivity contribution in [3.8, 4) is 0 Å². The van der Waals surface area contributed by atoms with Crippen LogP contribution in [0.1, 0.15) is 38.3 Å². The zero-order valence-corrected chi connectivity index (χ0v) is 11.8. The van der Waals surface area contributed by atoms with Crippen molar-refractivity contribution in [2.24, 2.45) is 11.7 Å². The Morgan fingerprint density at radius 3 is 2.89 bits per heavy atom. The fourth-order valence-electron chi connectivity index (χ4n) is 2.82. The highest BCUT2D eigenvalue weighted by Gasteiger charge is 2.23. The smallest absolute Gasteiger partial charge is 0.147 e. The zero-order valence-electron chi connectivity index (χ0n) is 11.8. The molecular weight excluding hydrogens is 226 g/mol. The molecule has 1 fully saturated rings. The molecule has 1 saturated heterocycles. The van der Waals surface area contributed by atoms with Gasteiger partial charge in [0.2, 0.25) is 0 Å². The minimum atomic E-state index is 0.290. The first-order chi connectivity index (χ1) is 8.61. The Morgan fingerprint density at radius 2 is 2.22 bits per heavy atom. The second-order valence-electron chi connectivity index (χ2n) is 5.40. The SMILES string of the molecule is CCn1c(C)nnc1CN1CCCC(C(C)N)C1. The number of rotatable bonds is 4. The molecular formula is C13H25N5. The molecule has 2 unspecified atom stereocenters. The van der Waals surface area contributed by atoms with Crippen LogP contribution in [0, 0.1) is 12.8 Å². The van der Waals surface area contributed by atoms with Gasteiger partial charge in [-0.3, -0.25) is 4.90 Å². The van der Waals surface area contributed by atoms with Gasteiger partial charge in [0, 0.05) is 19.1 Å². The first kappa shape index (κ1) is 13.5. The van der Waals surface area contributed by atoms with Gasteiger partial charge in [-0.1, -0.05) is 0 Å². The summed E-state index contributed by atoms with van der Waals surface area (Å²) >= 11 is 0.